The second-order valence-electron chi connectivity index (χ2n) is 9.35. The fraction of sp³-hybridized carbons (Fsp3) is 0.542. The molecule has 2 aliphatic rings. The fourth-order valence-corrected chi connectivity index (χ4v) is 8.00. The van der Waals surface area contributed by atoms with E-state index in [1.54, 1.807) is 5.01 Å². The van der Waals surface area contributed by atoms with Crippen molar-refractivity contribution < 1.29 is 31.1 Å². The van der Waals surface area contributed by atoms with Gasteiger partial charge in [0.1, 0.15) is 0 Å². The van der Waals surface area contributed by atoms with Crippen molar-refractivity contribution in [1.82, 2.24) is 19.2 Å². The highest BCUT2D eigenvalue weighted by atomic mass is 32.2. The van der Waals surface area contributed by atoms with Gasteiger partial charge in [0, 0.05) is 45.5 Å². The Morgan fingerprint density at radius 1 is 1.07 bits per heavy atom. The van der Waals surface area contributed by atoms with Gasteiger partial charge in [0.05, 0.1) is 43.1 Å². The maximum absolute atomic E-state index is 13.4. The lowest BCUT2D eigenvalue weighted by Crippen LogP contribution is -2.46. The number of piperazine rings is 1. The SMILES string of the molecule is COCCCS(=O)(=O)c1ccc(/C(=N\N2CCOCC2)C(=O)Nc2ncc(S(=O)(=O)N3CCN(C)CC3)s2)cc1. The lowest BCUT2D eigenvalue weighted by Gasteiger charge is -2.30. The Labute approximate surface area is 238 Å². The minimum Gasteiger partial charge on any atom is -0.385 e. The van der Waals surface area contributed by atoms with E-state index in [1.807, 2.05) is 7.05 Å². The van der Waals surface area contributed by atoms with Gasteiger partial charge in [0.25, 0.3) is 15.9 Å². The predicted octanol–water partition coefficient (Wildman–Crippen LogP) is 0.564. The topological polar surface area (TPSA) is 151 Å². The number of anilines is 1. The number of sulfonamides is 1. The van der Waals surface area contributed by atoms with Crippen LogP contribution in [0.15, 0.2) is 44.7 Å². The molecule has 0 saturated carbocycles. The summed E-state index contributed by atoms with van der Waals surface area (Å²) in [6.07, 6.45) is 1.61. The van der Waals surface area contributed by atoms with Gasteiger partial charge in [0.2, 0.25) is 0 Å². The highest BCUT2D eigenvalue weighted by Gasteiger charge is 2.30. The average molecular weight is 615 g/mol. The number of hydrogen-bond donors (Lipinski definition) is 1. The second-order valence-corrected chi connectivity index (χ2v) is 14.7. The van der Waals surface area contributed by atoms with Crippen LogP contribution in [0, 0.1) is 0 Å². The number of likely N-dealkylation sites (N-methyl/N-ethyl adjacent to an activating group) is 1. The lowest BCUT2D eigenvalue weighted by atomic mass is 10.1. The molecule has 0 bridgehead atoms. The van der Waals surface area contributed by atoms with Crippen LogP contribution in [0.5, 0.6) is 0 Å². The third-order valence-corrected chi connectivity index (χ3v) is 11.5. The third-order valence-electron chi connectivity index (χ3n) is 6.45. The number of ether oxygens (including phenoxy) is 2. The molecule has 1 aromatic heterocycles. The van der Waals surface area contributed by atoms with Crippen molar-refractivity contribution in [1.29, 1.82) is 0 Å². The van der Waals surface area contributed by atoms with Gasteiger partial charge in [-0.1, -0.05) is 23.5 Å². The Morgan fingerprint density at radius 2 is 1.75 bits per heavy atom. The zero-order valence-corrected chi connectivity index (χ0v) is 24.9. The number of thiazole rings is 1. The first kappa shape index (κ1) is 30.5. The maximum Gasteiger partial charge on any atom is 0.278 e. The van der Waals surface area contributed by atoms with Crippen molar-refractivity contribution in [2.75, 3.05) is 84.3 Å². The summed E-state index contributed by atoms with van der Waals surface area (Å²) in [6.45, 7) is 4.24. The van der Waals surface area contributed by atoms with E-state index in [0.29, 0.717) is 71.1 Å². The van der Waals surface area contributed by atoms with E-state index in [1.165, 1.54) is 41.9 Å². The van der Waals surface area contributed by atoms with Crippen LogP contribution in [0.3, 0.4) is 0 Å². The molecule has 1 N–H and O–H groups in total. The maximum atomic E-state index is 13.4. The first-order valence-electron chi connectivity index (χ1n) is 12.8. The number of nitrogens with zero attached hydrogens (tertiary/aromatic N) is 5. The minimum atomic E-state index is -3.73. The van der Waals surface area contributed by atoms with Gasteiger partial charge in [-0.25, -0.2) is 21.8 Å². The minimum absolute atomic E-state index is 0.0436. The van der Waals surface area contributed by atoms with Crippen LogP contribution in [0.1, 0.15) is 12.0 Å². The van der Waals surface area contributed by atoms with Gasteiger partial charge in [-0.15, -0.1) is 0 Å². The van der Waals surface area contributed by atoms with Crippen LogP contribution >= 0.6 is 11.3 Å². The molecule has 0 unspecified atom stereocenters. The van der Waals surface area contributed by atoms with E-state index in [2.05, 4.69) is 20.3 Å². The number of carbonyl (C=O) groups excluding carboxylic acids is 1. The molecule has 0 aliphatic carbocycles. The Hall–Kier alpha value is -2.47. The lowest BCUT2D eigenvalue weighted by molar-refractivity contribution is -0.110. The standard InChI is InChI=1S/C24H34N6O7S3/c1-28-8-10-30(11-9-28)40(34,35)21-18-25-24(38-21)26-23(31)22(27-29-12-15-37-16-13-29)19-4-6-20(7-5-19)39(32,33)17-3-14-36-2/h4-7,18H,3,8-17H2,1-2H3,(H,25,26,31)/b27-22+. The van der Waals surface area contributed by atoms with Gasteiger partial charge in [-0.2, -0.15) is 9.41 Å². The highest BCUT2D eigenvalue weighted by Crippen LogP contribution is 2.27. The summed E-state index contributed by atoms with van der Waals surface area (Å²) < 4.78 is 63.2. The highest BCUT2D eigenvalue weighted by molar-refractivity contribution is 7.91. The van der Waals surface area contributed by atoms with Gasteiger partial charge < -0.3 is 14.4 Å². The molecule has 0 radical (unpaired) electrons. The number of hydrazone groups is 1. The molecule has 1 amide bonds. The predicted molar refractivity (Wildman–Crippen MR) is 151 cm³/mol. The third kappa shape index (κ3) is 7.63. The van der Waals surface area contributed by atoms with Gasteiger partial charge in [-0.3, -0.25) is 15.1 Å². The number of nitrogens with one attached hydrogen (secondary N) is 1. The number of sulfone groups is 1. The van der Waals surface area contributed by atoms with E-state index < -0.39 is 25.8 Å². The average Bonchev–Trinajstić information content (AvgIpc) is 3.42. The van der Waals surface area contributed by atoms with Crippen LogP contribution in [0.4, 0.5) is 5.13 Å². The van der Waals surface area contributed by atoms with Crippen LogP contribution < -0.4 is 5.32 Å². The Kier molecular flexibility index (Phi) is 10.3. The van der Waals surface area contributed by atoms with E-state index in [4.69, 9.17) is 9.47 Å². The zero-order chi connectivity index (χ0) is 28.8. The first-order valence-corrected chi connectivity index (χ1v) is 16.7. The molecule has 0 spiro atoms. The number of methoxy groups -OCH3 is 1. The Balaban J connectivity index is 1.54. The van der Waals surface area contributed by atoms with Crippen LogP contribution in [-0.4, -0.2) is 127 Å². The molecule has 13 nitrogen and oxygen atoms in total. The molecule has 3 heterocycles. The van der Waals surface area contributed by atoms with Crippen molar-refractivity contribution in [3.8, 4) is 0 Å². The Morgan fingerprint density at radius 3 is 2.40 bits per heavy atom. The molecule has 2 saturated heterocycles. The van der Waals surface area contributed by atoms with Gasteiger partial charge >= 0.3 is 0 Å². The summed E-state index contributed by atoms with van der Waals surface area (Å²) in [5.41, 5.74) is 0.450. The molecule has 2 aliphatic heterocycles. The molecule has 2 fully saturated rings. The molecule has 0 atom stereocenters. The number of carbonyl (C=O) groups is 1. The van der Waals surface area contributed by atoms with Crippen molar-refractivity contribution >= 4 is 47.9 Å². The molecular formula is C24H34N6O7S3. The molecule has 4 rings (SSSR count). The van der Waals surface area contributed by atoms with Crippen molar-refractivity contribution in [3.63, 3.8) is 0 Å². The number of benzene rings is 1. The van der Waals surface area contributed by atoms with Crippen LogP contribution in [-0.2, 0) is 34.1 Å². The quantitative estimate of drug-likeness (QED) is 0.281. The van der Waals surface area contributed by atoms with Gasteiger partial charge in [0.15, 0.2) is 24.9 Å². The first-order chi connectivity index (χ1) is 19.1. The number of amides is 1. The fourth-order valence-electron chi connectivity index (χ4n) is 4.11. The molecule has 16 heteroatoms. The number of morpholine rings is 1. The number of aromatic nitrogens is 1. The summed E-state index contributed by atoms with van der Waals surface area (Å²) in [6, 6.07) is 5.97. The number of rotatable bonds is 11. The number of hydrogen-bond acceptors (Lipinski definition) is 12. The van der Waals surface area contributed by atoms with E-state index in [0.717, 1.165) is 11.3 Å². The van der Waals surface area contributed by atoms with Gasteiger partial charge in [-0.05, 0) is 25.6 Å². The summed E-state index contributed by atoms with van der Waals surface area (Å²) in [5, 5.41) is 9.02. The van der Waals surface area contributed by atoms with Crippen molar-refractivity contribution in [2.45, 2.75) is 15.5 Å². The Bertz CT molecular complexity index is 1400. The van der Waals surface area contributed by atoms with E-state index >= 15 is 0 Å². The van der Waals surface area contributed by atoms with Crippen molar-refractivity contribution in [2.24, 2.45) is 5.10 Å². The summed E-state index contributed by atoms with van der Waals surface area (Å²) in [4.78, 5) is 19.7. The summed E-state index contributed by atoms with van der Waals surface area (Å²) in [5.74, 6) is -0.654. The molecular weight excluding hydrogens is 581 g/mol. The van der Waals surface area contributed by atoms with Crippen LogP contribution in [0.25, 0.3) is 0 Å². The molecule has 1 aromatic carbocycles. The smallest absolute Gasteiger partial charge is 0.278 e. The summed E-state index contributed by atoms with van der Waals surface area (Å²) in [7, 11) is -3.79. The molecule has 2 aromatic rings. The second kappa shape index (κ2) is 13.5. The van der Waals surface area contributed by atoms with Crippen LogP contribution in [0.2, 0.25) is 0 Å². The zero-order valence-electron chi connectivity index (χ0n) is 22.5. The monoisotopic (exact) mass is 614 g/mol. The molecule has 220 valence electrons. The largest absolute Gasteiger partial charge is 0.385 e. The normalized spacial score (nSPS) is 18.1. The summed E-state index contributed by atoms with van der Waals surface area (Å²) >= 11 is 0.872. The molecule has 40 heavy (non-hydrogen) atoms. The van der Waals surface area contributed by atoms with E-state index in [-0.39, 0.29) is 25.7 Å². The van der Waals surface area contributed by atoms with Crippen molar-refractivity contribution in [3.05, 3.63) is 36.0 Å². The van der Waals surface area contributed by atoms with E-state index in [9.17, 15) is 21.6 Å².